The molecule has 6 heteroatoms. The van der Waals surface area contributed by atoms with Crippen LogP contribution >= 0.6 is 0 Å². The van der Waals surface area contributed by atoms with E-state index in [9.17, 15) is 8.42 Å². The Morgan fingerprint density at radius 1 is 1.26 bits per heavy atom. The van der Waals surface area contributed by atoms with E-state index >= 15 is 0 Å². The third-order valence-electron chi connectivity index (χ3n) is 3.67. The summed E-state index contributed by atoms with van der Waals surface area (Å²) in [5.41, 5.74) is 8.59. The summed E-state index contributed by atoms with van der Waals surface area (Å²) in [5, 5.41) is 0. The highest BCUT2D eigenvalue weighted by molar-refractivity contribution is 7.91. The van der Waals surface area contributed by atoms with E-state index in [1.807, 2.05) is 13.8 Å². The highest BCUT2D eigenvalue weighted by Gasteiger charge is 2.31. The van der Waals surface area contributed by atoms with Crippen LogP contribution in [0, 0.1) is 13.8 Å². The zero-order chi connectivity index (χ0) is 14.0. The summed E-state index contributed by atoms with van der Waals surface area (Å²) >= 11 is 0. The first kappa shape index (κ1) is 14.4. The molecular weight excluding hydrogens is 262 g/mol. The lowest BCUT2D eigenvalue weighted by molar-refractivity contribution is 0.601. The summed E-state index contributed by atoms with van der Waals surface area (Å²) in [7, 11) is -2.89. The van der Waals surface area contributed by atoms with Crippen LogP contribution in [0.5, 0.6) is 0 Å². The number of rotatable bonds is 4. The molecule has 2 N–H and O–H groups in total. The average Bonchev–Trinajstić information content (AvgIpc) is 2.68. The van der Waals surface area contributed by atoms with Gasteiger partial charge in [-0.2, -0.15) is 0 Å². The fourth-order valence-electron chi connectivity index (χ4n) is 2.59. The Labute approximate surface area is 114 Å². The van der Waals surface area contributed by atoms with Gasteiger partial charge in [-0.25, -0.2) is 18.4 Å². The summed E-state index contributed by atoms with van der Waals surface area (Å²) in [6, 6.07) is 0. The Kier molecular flexibility index (Phi) is 4.20. The summed E-state index contributed by atoms with van der Waals surface area (Å²) in [6.07, 6.45) is 2.45. The number of aryl methyl sites for hydroxylation is 2. The molecule has 2 heterocycles. The van der Waals surface area contributed by atoms with Gasteiger partial charge in [0.2, 0.25) is 0 Å². The number of sulfone groups is 1. The molecule has 106 valence electrons. The second-order valence-corrected chi connectivity index (χ2v) is 7.45. The number of hydrogen-bond acceptors (Lipinski definition) is 5. The molecule has 1 fully saturated rings. The van der Waals surface area contributed by atoms with Gasteiger partial charge in [0.05, 0.1) is 11.5 Å². The lowest BCUT2D eigenvalue weighted by atomic mass is 10.0. The predicted molar refractivity (Wildman–Crippen MR) is 74.9 cm³/mol. The normalized spacial score (nSPS) is 21.7. The van der Waals surface area contributed by atoms with Crippen LogP contribution in [0.2, 0.25) is 0 Å². The molecule has 1 atom stereocenters. The van der Waals surface area contributed by atoms with Gasteiger partial charge in [-0.15, -0.1) is 0 Å². The van der Waals surface area contributed by atoms with E-state index < -0.39 is 9.84 Å². The van der Waals surface area contributed by atoms with Gasteiger partial charge >= 0.3 is 0 Å². The highest BCUT2D eigenvalue weighted by Crippen LogP contribution is 2.27. The molecular formula is C13H21N3O2S. The minimum Gasteiger partial charge on any atom is -0.330 e. The SMILES string of the molecule is Cc1nc(C2CCS(=O)(=O)C2)nc(C)c1CCCN. The largest absolute Gasteiger partial charge is 0.330 e. The van der Waals surface area contributed by atoms with Gasteiger partial charge in [0.15, 0.2) is 9.84 Å². The average molecular weight is 283 g/mol. The fourth-order valence-corrected chi connectivity index (χ4v) is 4.33. The third-order valence-corrected chi connectivity index (χ3v) is 5.43. The number of aromatic nitrogens is 2. The van der Waals surface area contributed by atoms with Gasteiger partial charge in [0.1, 0.15) is 5.82 Å². The van der Waals surface area contributed by atoms with Crippen molar-refractivity contribution in [1.82, 2.24) is 9.97 Å². The lowest BCUT2D eigenvalue weighted by Crippen LogP contribution is -2.12. The van der Waals surface area contributed by atoms with E-state index in [0.29, 0.717) is 18.8 Å². The van der Waals surface area contributed by atoms with E-state index in [1.165, 1.54) is 0 Å². The van der Waals surface area contributed by atoms with E-state index in [-0.39, 0.29) is 17.4 Å². The summed E-state index contributed by atoms with van der Waals surface area (Å²) in [5.74, 6) is 1.10. The maximum Gasteiger partial charge on any atom is 0.151 e. The van der Waals surface area contributed by atoms with Gasteiger partial charge in [0, 0.05) is 17.3 Å². The molecule has 1 aromatic heterocycles. The molecule has 1 aliphatic heterocycles. The van der Waals surface area contributed by atoms with Gasteiger partial charge in [-0.3, -0.25) is 0 Å². The zero-order valence-corrected chi connectivity index (χ0v) is 12.3. The van der Waals surface area contributed by atoms with Crippen LogP contribution < -0.4 is 5.73 Å². The Balaban J connectivity index is 2.25. The van der Waals surface area contributed by atoms with Gasteiger partial charge in [-0.1, -0.05) is 0 Å². The third kappa shape index (κ3) is 3.30. The van der Waals surface area contributed by atoms with Crippen molar-refractivity contribution in [1.29, 1.82) is 0 Å². The molecule has 19 heavy (non-hydrogen) atoms. The Morgan fingerprint density at radius 2 is 1.89 bits per heavy atom. The fraction of sp³-hybridized carbons (Fsp3) is 0.692. The molecule has 0 bridgehead atoms. The van der Waals surface area contributed by atoms with Crippen LogP contribution in [0.25, 0.3) is 0 Å². The Bertz CT molecular complexity index is 546. The Morgan fingerprint density at radius 3 is 2.37 bits per heavy atom. The minimum absolute atomic E-state index is 0.0361. The van der Waals surface area contributed by atoms with Crippen LogP contribution in [0.1, 0.15) is 41.5 Å². The minimum atomic E-state index is -2.89. The van der Waals surface area contributed by atoms with Crippen molar-refractivity contribution in [3.05, 3.63) is 22.8 Å². The predicted octanol–water partition coefficient (Wildman–Crippen LogP) is 0.887. The van der Waals surface area contributed by atoms with E-state index in [1.54, 1.807) is 0 Å². The molecule has 0 saturated carbocycles. The first-order valence-corrected chi connectivity index (χ1v) is 8.49. The monoisotopic (exact) mass is 283 g/mol. The first-order valence-electron chi connectivity index (χ1n) is 6.67. The van der Waals surface area contributed by atoms with E-state index in [2.05, 4.69) is 9.97 Å². The first-order chi connectivity index (χ1) is 8.93. The van der Waals surface area contributed by atoms with Gasteiger partial charge < -0.3 is 5.73 Å². The standard InChI is InChI=1S/C13H21N3O2S/c1-9-12(4-3-6-14)10(2)16-13(15-9)11-5-7-19(17,18)8-11/h11H,3-8,14H2,1-2H3. The molecule has 0 spiro atoms. The number of hydrogen-bond donors (Lipinski definition) is 1. The quantitative estimate of drug-likeness (QED) is 0.886. The molecule has 0 radical (unpaired) electrons. The van der Waals surface area contributed by atoms with Crippen LogP contribution in [-0.2, 0) is 16.3 Å². The molecule has 2 rings (SSSR count). The van der Waals surface area contributed by atoms with Crippen molar-refractivity contribution in [2.45, 2.75) is 39.0 Å². The molecule has 0 aromatic carbocycles. The van der Waals surface area contributed by atoms with Crippen molar-refractivity contribution < 1.29 is 8.42 Å². The molecule has 1 unspecified atom stereocenters. The molecule has 1 aliphatic rings. The van der Waals surface area contributed by atoms with Crippen molar-refractivity contribution >= 4 is 9.84 Å². The van der Waals surface area contributed by atoms with Crippen molar-refractivity contribution in [3.63, 3.8) is 0 Å². The zero-order valence-electron chi connectivity index (χ0n) is 11.5. The second-order valence-electron chi connectivity index (χ2n) is 5.22. The van der Waals surface area contributed by atoms with Crippen LogP contribution in [0.4, 0.5) is 0 Å². The maximum atomic E-state index is 11.5. The lowest BCUT2D eigenvalue weighted by Gasteiger charge is -2.13. The van der Waals surface area contributed by atoms with Crippen molar-refractivity contribution in [2.75, 3.05) is 18.1 Å². The molecule has 5 nitrogen and oxygen atoms in total. The maximum absolute atomic E-state index is 11.5. The van der Waals surface area contributed by atoms with Crippen molar-refractivity contribution in [3.8, 4) is 0 Å². The number of nitrogens with two attached hydrogens (primary N) is 1. The molecule has 1 aromatic rings. The number of nitrogens with zero attached hydrogens (tertiary/aromatic N) is 2. The summed E-state index contributed by atoms with van der Waals surface area (Å²) < 4.78 is 23.0. The Hall–Kier alpha value is -1.01. The smallest absolute Gasteiger partial charge is 0.151 e. The summed E-state index contributed by atoms with van der Waals surface area (Å²) in [4.78, 5) is 9.04. The van der Waals surface area contributed by atoms with Gasteiger partial charge in [0.25, 0.3) is 0 Å². The topological polar surface area (TPSA) is 85.9 Å². The van der Waals surface area contributed by atoms with Crippen molar-refractivity contribution in [2.24, 2.45) is 5.73 Å². The van der Waals surface area contributed by atoms with Crippen LogP contribution in [0.3, 0.4) is 0 Å². The van der Waals surface area contributed by atoms with Crippen LogP contribution in [-0.4, -0.2) is 36.4 Å². The summed E-state index contributed by atoms with van der Waals surface area (Å²) in [6.45, 7) is 4.59. The second kappa shape index (κ2) is 5.54. The molecule has 0 aliphatic carbocycles. The van der Waals surface area contributed by atoms with Crippen LogP contribution in [0.15, 0.2) is 0 Å². The van der Waals surface area contributed by atoms with E-state index in [0.717, 1.165) is 29.8 Å². The van der Waals surface area contributed by atoms with Gasteiger partial charge in [-0.05, 0) is 45.2 Å². The molecule has 1 saturated heterocycles. The highest BCUT2D eigenvalue weighted by atomic mass is 32.2. The molecule has 0 amide bonds. The van der Waals surface area contributed by atoms with E-state index in [4.69, 9.17) is 5.73 Å².